The summed E-state index contributed by atoms with van der Waals surface area (Å²) >= 11 is 0. The summed E-state index contributed by atoms with van der Waals surface area (Å²) < 4.78 is 6.00. The highest BCUT2D eigenvalue weighted by Crippen LogP contribution is 2.42. The van der Waals surface area contributed by atoms with E-state index in [0.717, 1.165) is 56.1 Å². The van der Waals surface area contributed by atoms with Crippen LogP contribution in [0.3, 0.4) is 0 Å². The van der Waals surface area contributed by atoms with Crippen molar-refractivity contribution >= 4 is 5.97 Å². The Labute approximate surface area is 192 Å². The van der Waals surface area contributed by atoms with Crippen molar-refractivity contribution in [3.8, 4) is 0 Å². The van der Waals surface area contributed by atoms with Crippen molar-refractivity contribution < 1.29 is 14.6 Å². The molecule has 0 atom stereocenters. The highest BCUT2D eigenvalue weighted by Gasteiger charge is 2.30. The Morgan fingerprint density at radius 1 is 0.839 bits per heavy atom. The number of ether oxygens (including phenoxy) is 1. The molecule has 3 heteroatoms. The minimum Gasteiger partial charge on any atom is -0.478 e. The van der Waals surface area contributed by atoms with Gasteiger partial charge in [-0.3, -0.25) is 0 Å². The van der Waals surface area contributed by atoms with Gasteiger partial charge in [-0.1, -0.05) is 64.4 Å². The number of carbonyl (C=O) groups is 1. The lowest BCUT2D eigenvalue weighted by Crippen LogP contribution is -2.27. The van der Waals surface area contributed by atoms with Gasteiger partial charge in [0.2, 0.25) is 0 Å². The van der Waals surface area contributed by atoms with Gasteiger partial charge in [-0.25, -0.2) is 4.79 Å². The molecule has 0 saturated heterocycles. The number of unbranched alkanes of at least 4 members (excludes halogenated alkanes) is 6. The number of aliphatic carboxylic acids is 1. The molecule has 2 saturated carbocycles. The Morgan fingerprint density at radius 2 is 1.45 bits per heavy atom. The van der Waals surface area contributed by atoms with E-state index < -0.39 is 5.97 Å². The number of rotatable bonds is 15. The zero-order chi connectivity index (χ0) is 22.3. The molecule has 0 aromatic rings. The van der Waals surface area contributed by atoms with Gasteiger partial charge < -0.3 is 9.84 Å². The molecule has 0 unspecified atom stereocenters. The topological polar surface area (TPSA) is 46.5 Å². The first-order valence-electron chi connectivity index (χ1n) is 13.6. The zero-order valence-electron chi connectivity index (χ0n) is 20.6. The maximum atomic E-state index is 10.7. The molecule has 0 aliphatic heterocycles. The first kappa shape index (κ1) is 26.4. The van der Waals surface area contributed by atoms with Crippen molar-refractivity contribution in [1.82, 2.24) is 0 Å². The van der Waals surface area contributed by atoms with E-state index in [1.165, 1.54) is 89.9 Å². The zero-order valence-corrected chi connectivity index (χ0v) is 20.6. The maximum Gasteiger partial charge on any atom is 0.330 e. The lowest BCUT2D eigenvalue weighted by atomic mass is 9.69. The molecular formula is C28H50O3. The smallest absolute Gasteiger partial charge is 0.330 e. The van der Waals surface area contributed by atoms with Crippen LogP contribution in [-0.4, -0.2) is 24.3 Å². The third-order valence-electron chi connectivity index (χ3n) is 8.05. The summed E-state index contributed by atoms with van der Waals surface area (Å²) in [6.07, 6.45) is 24.7. The van der Waals surface area contributed by atoms with Crippen LogP contribution in [0.1, 0.15) is 123 Å². The molecule has 180 valence electrons. The monoisotopic (exact) mass is 434 g/mol. The average molecular weight is 435 g/mol. The van der Waals surface area contributed by atoms with Crippen molar-refractivity contribution in [3.63, 3.8) is 0 Å². The first-order valence-corrected chi connectivity index (χ1v) is 13.6. The van der Waals surface area contributed by atoms with E-state index in [0.29, 0.717) is 5.57 Å². The van der Waals surface area contributed by atoms with Crippen LogP contribution in [-0.2, 0) is 9.53 Å². The average Bonchev–Trinajstić information content (AvgIpc) is 2.79. The van der Waals surface area contributed by atoms with E-state index in [2.05, 4.69) is 6.92 Å². The van der Waals surface area contributed by atoms with E-state index in [1.807, 2.05) is 6.08 Å². The predicted molar refractivity (Wildman–Crippen MR) is 130 cm³/mol. The molecule has 0 radical (unpaired) electrons. The van der Waals surface area contributed by atoms with E-state index in [4.69, 9.17) is 9.84 Å². The Morgan fingerprint density at radius 3 is 2.06 bits per heavy atom. The summed E-state index contributed by atoms with van der Waals surface area (Å²) in [4.78, 5) is 10.7. The fraction of sp³-hybridized carbons (Fsp3) is 0.893. The molecule has 0 spiro atoms. The number of carboxylic acids is 1. The molecule has 3 nitrogen and oxygen atoms in total. The third kappa shape index (κ3) is 11.0. The Balaban J connectivity index is 1.43. The van der Waals surface area contributed by atoms with E-state index in [1.54, 1.807) is 6.92 Å². The Bertz CT molecular complexity index is 496. The van der Waals surface area contributed by atoms with E-state index in [9.17, 15) is 4.79 Å². The van der Waals surface area contributed by atoms with Crippen LogP contribution in [0.15, 0.2) is 11.6 Å². The van der Waals surface area contributed by atoms with Crippen LogP contribution in [0.2, 0.25) is 0 Å². The van der Waals surface area contributed by atoms with Gasteiger partial charge in [0.05, 0.1) is 0 Å². The lowest BCUT2D eigenvalue weighted by molar-refractivity contribution is -0.132. The molecular weight excluding hydrogens is 384 g/mol. The van der Waals surface area contributed by atoms with Gasteiger partial charge in [-0.2, -0.15) is 0 Å². The maximum absolute atomic E-state index is 10.7. The van der Waals surface area contributed by atoms with Gasteiger partial charge >= 0.3 is 5.97 Å². The van der Waals surface area contributed by atoms with Crippen molar-refractivity contribution in [2.45, 2.75) is 123 Å². The van der Waals surface area contributed by atoms with Crippen LogP contribution >= 0.6 is 0 Å². The molecule has 0 aromatic heterocycles. The minimum absolute atomic E-state index is 0.466. The second-order valence-corrected chi connectivity index (χ2v) is 10.5. The molecule has 0 amide bonds. The van der Waals surface area contributed by atoms with Gasteiger partial charge in [-0.15, -0.1) is 0 Å². The summed E-state index contributed by atoms with van der Waals surface area (Å²) in [7, 11) is 0. The van der Waals surface area contributed by atoms with Crippen molar-refractivity contribution in [1.29, 1.82) is 0 Å². The molecule has 2 fully saturated rings. The second-order valence-electron chi connectivity index (χ2n) is 10.5. The van der Waals surface area contributed by atoms with Crippen LogP contribution in [0.25, 0.3) is 0 Å². The molecule has 2 rings (SSSR count). The fourth-order valence-corrected chi connectivity index (χ4v) is 5.82. The number of allylic oxidation sites excluding steroid dienone is 1. The molecule has 0 heterocycles. The molecule has 0 bridgehead atoms. The summed E-state index contributed by atoms with van der Waals surface area (Å²) in [5, 5.41) is 8.83. The highest BCUT2D eigenvalue weighted by molar-refractivity contribution is 5.85. The molecule has 2 aliphatic rings. The summed E-state index contributed by atoms with van der Waals surface area (Å²) in [5.74, 6) is 3.07. The minimum atomic E-state index is -0.799. The first-order chi connectivity index (χ1) is 15.1. The SMILES string of the molecule is CCCCCC1CCC(C2CCC(COCCCCCC/C=C(\C)C(=O)O)CC2)CC1. The molecule has 2 aliphatic carbocycles. The molecule has 0 aromatic carbocycles. The van der Waals surface area contributed by atoms with E-state index in [-0.39, 0.29) is 0 Å². The van der Waals surface area contributed by atoms with Crippen LogP contribution in [0.4, 0.5) is 0 Å². The fourth-order valence-electron chi connectivity index (χ4n) is 5.82. The normalized spacial score (nSPS) is 27.4. The standard InChI is InChI=1S/C28H50O3/c1-3-4-8-12-24-13-17-26(18-14-24)27-19-15-25(16-20-27)22-31-21-10-7-5-6-9-11-23(2)28(29)30/h11,24-27H,3-10,12-22H2,1-2H3,(H,29,30)/b23-11+. The lowest BCUT2D eigenvalue weighted by Gasteiger charge is -2.38. The van der Waals surface area contributed by atoms with E-state index >= 15 is 0 Å². The van der Waals surface area contributed by atoms with Gasteiger partial charge in [-0.05, 0) is 88.4 Å². The Kier molecular flexibility index (Phi) is 13.5. The van der Waals surface area contributed by atoms with Crippen molar-refractivity contribution in [2.24, 2.45) is 23.7 Å². The summed E-state index contributed by atoms with van der Waals surface area (Å²) in [6.45, 7) is 5.85. The largest absolute Gasteiger partial charge is 0.478 e. The number of hydrogen-bond donors (Lipinski definition) is 1. The highest BCUT2D eigenvalue weighted by atomic mass is 16.5. The predicted octanol–water partition coefficient (Wildman–Crippen LogP) is 8.18. The van der Waals surface area contributed by atoms with Gasteiger partial charge in [0.15, 0.2) is 0 Å². The van der Waals surface area contributed by atoms with Crippen molar-refractivity contribution in [3.05, 3.63) is 11.6 Å². The van der Waals surface area contributed by atoms with Crippen molar-refractivity contribution in [2.75, 3.05) is 13.2 Å². The third-order valence-corrected chi connectivity index (χ3v) is 8.05. The van der Waals surface area contributed by atoms with Crippen LogP contribution in [0.5, 0.6) is 0 Å². The van der Waals surface area contributed by atoms with Gasteiger partial charge in [0.1, 0.15) is 0 Å². The van der Waals surface area contributed by atoms with Gasteiger partial charge in [0, 0.05) is 18.8 Å². The summed E-state index contributed by atoms with van der Waals surface area (Å²) in [5.41, 5.74) is 0.466. The summed E-state index contributed by atoms with van der Waals surface area (Å²) in [6, 6.07) is 0. The second kappa shape index (κ2) is 15.9. The Hall–Kier alpha value is -0.830. The number of carboxylic acid groups (broad SMARTS) is 1. The van der Waals surface area contributed by atoms with Gasteiger partial charge in [0.25, 0.3) is 0 Å². The van der Waals surface area contributed by atoms with Crippen LogP contribution < -0.4 is 0 Å². The van der Waals surface area contributed by atoms with Crippen LogP contribution in [0, 0.1) is 23.7 Å². The quantitative estimate of drug-likeness (QED) is 0.209. The molecule has 31 heavy (non-hydrogen) atoms. The number of hydrogen-bond acceptors (Lipinski definition) is 2. The molecule has 1 N–H and O–H groups in total.